The zero-order chi connectivity index (χ0) is 52.5. The molecule has 0 saturated heterocycles. The molecular formula is C50H56Cl4N6O12S2. The van der Waals surface area contributed by atoms with E-state index in [1.165, 1.54) is 24.3 Å². The molecule has 0 heterocycles. The van der Waals surface area contributed by atoms with Crippen LogP contribution in [-0.2, 0) is 51.8 Å². The number of benzene rings is 5. The van der Waals surface area contributed by atoms with Gasteiger partial charge < -0.3 is 49.7 Å². The summed E-state index contributed by atoms with van der Waals surface area (Å²) in [5, 5.41) is 13.1. The van der Waals surface area contributed by atoms with Gasteiger partial charge in [-0.1, -0.05) is 46.4 Å². The Labute approximate surface area is 450 Å². The lowest BCUT2D eigenvalue weighted by Crippen LogP contribution is -2.32. The highest BCUT2D eigenvalue weighted by atomic mass is 35.5. The van der Waals surface area contributed by atoms with E-state index in [1.54, 1.807) is 60.7 Å². The first kappa shape index (κ1) is 56.8. The van der Waals surface area contributed by atoms with Crippen molar-refractivity contribution in [2.75, 3.05) is 89.7 Å². The molecule has 398 valence electrons. The van der Waals surface area contributed by atoms with Gasteiger partial charge in [0.25, 0.3) is 0 Å². The van der Waals surface area contributed by atoms with Crippen molar-refractivity contribution >= 4 is 89.9 Å². The molecule has 4 amide bonds. The average molecular weight is 1140 g/mol. The largest absolute Gasteiger partial charge is 0.486 e. The second kappa shape index (κ2) is 27.7. The van der Waals surface area contributed by atoms with Gasteiger partial charge in [0.15, 0.2) is 0 Å². The number of carbonyl (C=O) groups excluding carboxylic acids is 2. The lowest BCUT2D eigenvalue weighted by Gasteiger charge is -2.16. The van der Waals surface area contributed by atoms with Crippen molar-refractivity contribution in [2.24, 2.45) is 0 Å². The van der Waals surface area contributed by atoms with Crippen LogP contribution in [0.5, 0.6) is 11.5 Å². The lowest BCUT2D eigenvalue weighted by atomic mass is 10.1. The molecule has 2 aliphatic rings. The van der Waals surface area contributed by atoms with Crippen LogP contribution in [0.3, 0.4) is 0 Å². The maximum Gasteiger partial charge on any atom is 0.319 e. The van der Waals surface area contributed by atoms with E-state index in [-0.39, 0.29) is 101 Å². The Morgan fingerprint density at radius 1 is 0.473 bits per heavy atom. The van der Waals surface area contributed by atoms with Crippen LogP contribution in [0.15, 0.2) is 107 Å². The van der Waals surface area contributed by atoms with Crippen molar-refractivity contribution in [3.8, 4) is 11.5 Å². The first-order chi connectivity index (χ1) is 35.6. The van der Waals surface area contributed by atoms with Gasteiger partial charge in [-0.25, -0.2) is 35.9 Å². The van der Waals surface area contributed by atoms with Crippen LogP contribution in [0.2, 0.25) is 20.1 Å². The number of fused-ring (bicyclic) bond motifs is 2. The highest BCUT2D eigenvalue weighted by molar-refractivity contribution is 7.89. The van der Waals surface area contributed by atoms with E-state index >= 15 is 0 Å². The molecule has 2 atom stereocenters. The van der Waals surface area contributed by atoms with Crippen LogP contribution in [-0.4, -0.2) is 108 Å². The van der Waals surface area contributed by atoms with Gasteiger partial charge in [0, 0.05) is 57.6 Å². The van der Waals surface area contributed by atoms with E-state index in [0.29, 0.717) is 43.0 Å². The van der Waals surface area contributed by atoms with Crippen molar-refractivity contribution in [3.05, 3.63) is 139 Å². The zero-order valence-electron chi connectivity index (χ0n) is 39.9. The smallest absolute Gasteiger partial charge is 0.319 e. The first-order valence-corrected chi connectivity index (χ1v) is 28.1. The van der Waals surface area contributed by atoms with Gasteiger partial charge >= 0.3 is 12.1 Å². The molecule has 6 N–H and O–H groups in total. The Kier molecular flexibility index (Phi) is 21.3. The maximum absolute atomic E-state index is 12.8. The monoisotopic (exact) mass is 1140 g/mol. The van der Waals surface area contributed by atoms with Crippen LogP contribution < -0.4 is 40.2 Å². The number of rotatable bonds is 28. The molecule has 0 fully saturated rings. The first-order valence-electron chi connectivity index (χ1n) is 23.6. The normalized spacial score (nSPS) is 15.0. The molecule has 7 rings (SSSR count). The lowest BCUT2D eigenvalue weighted by molar-refractivity contribution is 0.0517. The van der Waals surface area contributed by atoms with Gasteiger partial charge in [-0.15, -0.1) is 0 Å². The zero-order valence-corrected chi connectivity index (χ0v) is 44.6. The molecule has 0 unspecified atom stereocenters. The SMILES string of the molecule is O=C(NCCOCCOCCNS(=O)(=O)c1ccc(O[C@@H]2CCc3c(Cl)cc(Cl)cc32)cc1)Nc1ccc(NC(=O)NCCOCCOCCNS(=O)(=O)c2ccc(O[C@@H]3CCc4c(Cl)cc(Cl)cc43)cc2)cc1. The number of hydrogen-bond donors (Lipinski definition) is 6. The maximum atomic E-state index is 12.8. The third-order valence-corrected chi connectivity index (χ3v) is 15.6. The van der Waals surface area contributed by atoms with E-state index < -0.39 is 32.1 Å². The number of ether oxygens (including phenoxy) is 6. The van der Waals surface area contributed by atoms with Gasteiger partial charge in [0.1, 0.15) is 23.7 Å². The molecule has 5 aromatic carbocycles. The Bertz CT molecular complexity index is 2710. The summed E-state index contributed by atoms with van der Waals surface area (Å²) in [7, 11) is -7.54. The predicted molar refractivity (Wildman–Crippen MR) is 283 cm³/mol. The van der Waals surface area contributed by atoms with Gasteiger partial charge in [-0.05, 0) is 145 Å². The van der Waals surface area contributed by atoms with Crippen LogP contribution in [0.4, 0.5) is 21.0 Å². The van der Waals surface area contributed by atoms with Gasteiger partial charge in [0.05, 0.1) is 62.6 Å². The van der Waals surface area contributed by atoms with Gasteiger partial charge in [0.2, 0.25) is 20.0 Å². The molecule has 0 aromatic heterocycles. The fourth-order valence-electron chi connectivity index (χ4n) is 7.95. The molecule has 24 heteroatoms. The molecule has 0 saturated carbocycles. The highest BCUT2D eigenvalue weighted by Crippen LogP contribution is 2.42. The predicted octanol–water partition coefficient (Wildman–Crippen LogP) is 8.70. The van der Waals surface area contributed by atoms with E-state index in [2.05, 4.69) is 30.7 Å². The van der Waals surface area contributed by atoms with Crippen molar-refractivity contribution in [1.29, 1.82) is 0 Å². The molecule has 0 bridgehead atoms. The number of urea groups is 2. The molecule has 18 nitrogen and oxygen atoms in total. The summed E-state index contributed by atoms with van der Waals surface area (Å²) in [6.07, 6.45) is 2.57. The summed E-state index contributed by atoms with van der Waals surface area (Å²) in [5.41, 5.74) is 4.91. The fourth-order valence-corrected chi connectivity index (χ4v) is 11.2. The quantitative estimate of drug-likeness (QED) is 0.0259. The van der Waals surface area contributed by atoms with E-state index in [1.807, 2.05) is 12.1 Å². The number of sulfonamides is 2. The van der Waals surface area contributed by atoms with Crippen molar-refractivity contribution in [3.63, 3.8) is 0 Å². The van der Waals surface area contributed by atoms with E-state index in [9.17, 15) is 26.4 Å². The van der Waals surface area contributed by atoms with Crippen LogP contribution in [0.1, 0.15) is 47.3 Å². The van der Waals surface area contributed by atoms with E-state index in [4.69, 9.17) is 74.8 Å². The Hall–Kier alpha value is -4.94. The molecule has 0 radical (unpaired) electrons. The van der Waals surface area contributed by atoms with Gasteiger partial charge in [-0.2, -0.15) is 0 Å². The minimum absolute atomic E-state index is 0.0594. The van der Waals surface area contributed by atoms with Crippen molar-refractivity contribution in [2.45, 2.75) is 47.7 Å². The van der Waals surface area contributed by atoms with Crippen molar-refractivity contribution in [1.82, 2.24) is 20.1 Å². The van der Waals surface area contributed by atoms with Crippen LogP contribution in [0, 0.1) is 0 Å². The summed E-state index contributed by atoms with van der Waals surface area (Å²) < 4.78 is 90.3. The van der Waals surface area contributed by atoms with Gasteiger partial charge in [-0.3, -0.25) is 0 Å². The summed E-state index contributed by atoms with van der Waals surface area (Å²) in [6, 6.07) is 25.1. The topological polar surface area (TPSA) is 230 Å². The second-order valence-corrected chi connectivity index (χ2v) is 21.9. The molecule has 74 heavy (non-hydrogen) atoms. The molecule has 2 aliphatic carbocycles. The minimum Gasteiger partial charge on any atom is -0.486 e. The highest BCUT2D eigenvalue weighted by Gasteiger charge is 2.28. The van der Waals surface area contributed by atoms with Crippen LogP contribution >= 0.6 is 46.4 Å². The third-order valence-electron chi connectivity index (χ3n) is 11.5. The van der Waals surface area contributed by atoms with E-state index in [0.717, 1.165) is 47.9 Å². The van der Waals surface area contributed by atoms with Crippen LogP contribution in [0.25, 0.3) is 0 Å². The number of halogens is 4. The number of carbonyl (C=O) groups is 2. The fraction of sp³-hybridized carbons (Fsp3) is 0.360. The minimum atomic E-state index is -3.77. The number of anilines is 2. The van der Waals surface area contributed by atoms with Crippen molar-refractivity contribution < 1.29 is 54.8 Å². The molecule has 0 spiro atoms. The summed E-state index contributed by atoms with van der Waals surface area (Å²) in [6.45, 7) is 2.21. The standard InChI is InChI=1S/C50H56Cl4N6O12S2/c51-33-29-43-41(45(53)31-33)13-15-47(43)71-37-5-9-39(10-6-37)73(63,64)57-19-23-69-27-25-67-21-17-55-49(61)59-35-1-2-36(4-3-35)60-50(62)56-18-22-68-26-28-70-24-20-58-74(65,66)40-11-7-38(8-12-40)72-48-16-14-42-44(48)30-34(52)32-46(42)54/h1-12,29-32,47-48,57-58H,13-28H2,(H2,55,59,61)(H2,56,60,62)/t47-,48-/m1/s1. The molecular weight excluding hydrogens is 1080 g/mol. The Morgan fingerprint density at radius 3 is 1.19 bits per heavy atom. The molecule has 5 aromatic rings. The average Bonchev–Trinajstić information content (AvgIpc) is 3.97. The Morgan fingerprint density at radius 2 is 0.824 bits per heavy atom. The number of nitrogens with one attached hydrogen (secondary N) is 6. The Balaban J connectivity index is 0.649. The third kappa shape index (κ3) is 17.0. The molecule has 0 aliphatic heterocycles. The summed E-state index contributed by atoms with van der Waals surface area (Å²) in [4.78, 5) is 24.9. The number of hydrogen-bond acceptors (Lipinski definition) is 12. The summed E-state index contributed by atoms with van der Waals surface area (Å²) in [5.74, 6) is 1.06. The number of amides is 4. The second-order valence-electron chi connectivity index (χ2n) is 16.7. The summed E-state index contributed by atoms with van der Waals surface area (Å²) >= 11 is 25.0.